The van der Waals surface area contributed by atoms with Gasteiger partial charge in [-0.25, -0.2) is 9.97 Å². The highest BCUT2D eigenvalue weighted by Gasteiger charge is 2.38. The van der Waals surface area contributed by atoms with Gasteiger partial charge in [0.05, 0.1) is 12.7 Å². The Balaban J connectivity index is 2.19. The number of aliphatic hydroxyl groups excluding tert-OH is 1. The predicted octanol–water partition coefficient (Wildman–Crippen LogP) is 1.89. The van der Waals surface area contributed by atoms with E-state index in [1.165, 1.54) is 6.20 Å². The van der Waals surface area contributed by atoms with Gasteiger partial charge in [-0.05, 0) is 6.42 Å². The van der Waals surface area contributed by atoms with Crippen LogP contribution in [0.2, 0.25) is 0 Å². The van der Waals surface area contributed by atoms with Crippen LogP contribution in [0.4, 0.5) is 24.8 Å². The van der Waals surface area contributed by atoms with Crippen LogP contribution >= 0.6 is 0 Å². The maximum atomic E-state index is 12.3. The number of aliphatic hydroxyl groups is 1. The number of nitrogens with one attached hydrogen (secondary N) is 2. The van der Waals surface area contributed by atoms with Gasteiger partial charge in [0.15, 0.2) is 17.6 Å². The van der Waals surface area contributed by atoms with E-state index in [0.29, 0.717) is 18.0 Å². The molecule has 2 aromatic rings. The topological polar surface area (TPSA) is 74.5 Å². The van der Waals surface area contributed by atoms with Crippen LogP contribution in [0.15, 0.2) is 18.6 Å². The molecule has 0 fully saturated rings. The number of rotatable bonds is 6. The summed E-state index contributed by atoms with van der Waals surface area (Å²) < 4.78 is 38.6. The molecule has 2 aromatic heterocycles. The molecule has 0 saturated heterocycles. The van der Waals surface area contributed by atoms with Gasteiger partial charge in [0.2, 0.25) is 0 Å². The maximum absolute atomic E-state index is 12.3. The Morgan fingerprint density at radius 1 is 1.38 bits per heavy atom. The van der Waals surface area contributed by atoms with Crippen molar-refractivity contribution in [1.82, 2.24) is 14.4 Å². The lowest BCUT2D eigenvalue weighted by Crippen LogP contribution is -2.35. The number of halogens is 3. The molecule has 21 heavy (non-hydrogen) atoms. The number of fused-ring (bicyclic) bond motifs is 1. The summed E-state index contributed by atoms with van der Waals surface area (Å²) in [6.07, 6.45) is -1.35. The van der Waals surface area contributed by atoms with Crippen molar-refractivity contribution in [2.24, 2.45) is 0 Å². The number of aromatic nitrogens is 3. The normalized spacial score (nSPS) is 13.4. The second kappa shape index (κ2) is 6.17. The van der Waals surface area contributed by atoms with Crippen molar-refractivity contribution < 1.29 is 18.3 Å². The Morgan fingerprint density at radius 2 is 2.14 bits per heavy atom. The fraction of sp³-hybridized carbons (Fsp3) is 0.500. The first-order valence-corrected chi connectivity index (χ1v) is 6.48. The third-order valence-corrected chi connectivity index (χ3v) is 2.77. The minimum absolute atomic E-state index is 0.185. The fourth-order valence-electron chi connectivity index (χ4n) is 1.70. The average Bonchev–Trinajstić information content (AvgIpc) is 2.89. The number of hydrogen-bond acceptors (Lipinski definition) is 5. The van der Waals surface area contributed by atoms with Gasteiger partial charge in [-0.15, -0.1) is 0 Å². The number of alkyl halides is 3. The summed E-state index contributed by atoms with van der Waals surface area (Å²) in [6, 6.07) is 0. The Labute approximate surface area is 119 Å². The number of nitrogens with zero attached hydrogens (tertiary/aromatic N) is 3. The van der Waals surface area contributed by atoms with Gasteiger partial charge in [0.1, 0.15) is 5.82 Å². The number of anilines is 2. The van der Waals surface area contributed by atoms with E-state index in [1.807, 2.05) is 6.92 Å². The van der Waals surface area contributed by atoms with E-state index < -0.39 is 18.8 Å². The molecular weight excluding hydrogens is 287 g/mol. The van der Waals surface area contributed by atoms with Crippen molar-refractivity contribution in [1.29, 1.82) is 0 Å². The second-order valence-corrected chi connectivity index (χ2v) is 4.50. The van der Waals surface area contributed by atoms with E-state index in [-0.39, 0.29) is 5.82 Å². The molecule has 6 nitrogen and oxygen atoms in total. The largest absolute Gasteiger partial charge is 0.416 e. The third kappa shape index (κ3) is 3.75. The molecule has 0 aromatic carbocycles. The molecule has 1 unspecified atom stereocenters. The van der Waals surface area contributed by atoms with Gasteiger partial charge >= 0.3 is 6.18 Å². The van der Waals surface area contributed by atoms with Crippen molar-refractivity contribution in [3.05, 3.63) is 18.6 Å². The molecular formula is C12H16F3N5O. The lowest BCUT2D eigenvalue weighted by Gasteiger charge is -2.16. The molecule has 1 atom stereocenters. The van der Waals surface area contributed by atoms with Crippen LogP contribution in [0.3, 0.4) is 0 Å². The summed E-state index contributed by atoms with van der Waals surface area (Å²) in [6.45, 7) is 2.00. The second-order valence-electron chi connectivity index (χ2n) is 4.50. The summed E-state index contributed by atoms with van der Waals surface area (Å²) >= 11 is 0. The monoisotopic (exact) mass is 303 g/mol. The van der Waals surface area contributed by atoms with E-state index in [2.05, 4.69) is 20.6 Å². The van der Waals surface area contributed by atoms with Crippen LogP contribution in [0.25, 0.3) is 5.65 Å². The Hall–Kier alpha value is -2.03. The lowest BCUT2D eigenvalue weighted by molar-refractivity contribution is -0.198. The molecule has 3 N–H and O–H groups in total. The first-order valence-electron chi connectivity index (χ1n) is 6.48. The average molecular weight is 303 g/mol. The lowest BCUT2D eigenvalue weighted by atomic mass is 10.3. The molecule has 2 rings (SSSR count). The van der Waals surface area contributed by atoms with Crippen molar-refractivity contribution >= 4 is 17.3 Å². The first-order chi connectivity index (χ1) is 9.91. The zero-order chi connectivity index (χ0) is 15.5. The number of imidazole rings is 1. The van der Waals surface area contributed by atoms with Crippen LogP contribution < -0.4 is 10.6 Å². The maximum Gasteiger partial charge on any atom is 0.416 e. The molecule has 116 valence electrons. The fourth-order valence-corrected chi connectivity index (χ4v) is 1.70. The summed E-state index contributed by atoms with van der Waals surface area (Å²) in [5.74, 6) is 0.704. The van der Waals surface area contributed by atoms with Crippen molar-refractivity contribution in [3.8, 4) is 0 Å². The van der Waals surface area contributed by atoms with Crippen LogP contribution in [-0.4, -0.2) is 44.8 Å². The Morgan fingerprint density at radius 3 is 2.81 bits per heavy atom. The summed E-state index contributed by atoms with van der Waals surface area (Å²) in [7, 11) is 0. The van der Waals surface area contributed by atoms with Gasteiger partial charge in [-0.1, -0.05) is 6.92 Å². The molecule has 0 aliphatic rings. The highest BCUT2D eigenvalue weighted by molar-refractivity contribution is 5.65. The summed E-state index contributed by atoms with van der Waals surface area (Å²) in [5, 5.41) is 14.6. The van der Waals surface area contributed by atoms with Gasteiger partial charge in [0.25, 0.3) is 0 Å². The summed E-state index contributed by atoms with van der Waals surface area (Å²) in [5.41, 5.74) is 0.395. The van der Waals surface area contributed by atoms with E-state index in [9.17, 15) is 13.2 Å². The zero-order valence-electron chi connectivity index (χ0n) is 11.4. The van der Waals surface area contributed by atoms with Crippen LogP contribution in [0.5, 0.6) is 0 Å². The molecule has 0 radical (unpaired) electrons. The van der Waals surface area contributed by atoms with E-state index >= 15 is 0 Å². The molecule has 0 bridgehead atoms. The SMILES string of the molecule is CCCNc1cn2ccnc2c(NCC(O)C(F)(F)F)n1. The highest BCUT2D eigenvalue weighted by atomic mass is 19.4. The van der Waals surface area contributed by atoms with Crippen LogP contribution in [0.1, 0.15) is 13.3 Å². The molecule has 9 heteroatoms. The van der Waals surface area contributed by atoms with E-state index in [1.54, 1.807) is 16.8 Å². The molecule has 0 aliphatic carbocycles. The molecule has 0 amide bonds. The quantitative estimate of drug-likeness (QED) is 0.760. The van der Waals surface area contributed by atoms with Crippen molar-refractivity contribution in [2.75, 3.05) is 23.7 Å². The smallest absolute Gasteiger partial charge is 0.382 e. The van der Waals surface area contributed by atoms with Gasteiger partial charge in [0, 0.05) is 18.9 Å². The predicted molar refractivity (Wildman–Crippen MR) is 72.3 cm³/mol. The van der Waals surface area contributed by atoms with E-state index in [0.717, 1.165) is 6.42 Å². The van der Waals surface area contributed by atoms with Crippen molar-refractivity contribution in [3.63, 3.8) is 0 Å². The first kappa shape index (κ1) is 15.4. The van der Waals surface area contributed by atoms with Gasteiger partial charge < -0.3 is 20.1 Å². The molecule has 0 saturated carbocycles. The van der Waals surface area contributed by atoms with Crippen LogP contribution in [-0.2, 0) is 0 Å². The van der Waals surface area contributed by atoms with Crippen LogP contribution in [0, 0.1) is 0 Å². The van der Waals surface area contributed by atoms with Gasteiger partial charge in [-0.3, -0.25) is 0 Å². The Bertz CT molecular complexity index is 598. The standard InChI is InChI=1S/C12H16F3N5O/c1-2-3-16-9-7-20-5-4-17-11(20)10(19-9)18-6-8(21)12(13,14)15/h4-5,7-8,16,21H,2-3,6H2,1H3,(H,18,19). The highest BCUT2D eigenvalue weighted by Crippen LogP contribution is 2.21. The molecule has 0 aliphatic heterocycles. The molecule has 2 heterocycles. The van der Waals surface area contributed by atoms with Gasteiger partial charge in [-0.2, -0.15) is 13.2 Å². The van der Waals surface area contributed by atoms with Crippen molar-refractivity contribution in [2.45, 2.75) is 25.6 Å². The number of hydrogen-bond donors (Lipinski definition) is 3. The zero-order valence-corrected chi connectivity index (χ0v) is 11.4. The van der Waals surface area contributed by atoms with E-state index in [4.69, 9.17) is 5.11 Å². The minimum Gasteiger partial charge on any atom is -0.382 e. The summed E-state index contributed by atoms with van der Waals surface area (Å²) in [4.78, 5) is 8.21. The molecule has 0 spiro atoms. The third-order valence-electron chi connectivity index (χ3n) is 2.77. The Kier molecular flexibility index (Phi) is 4.51. The minimum atomic E-state index is -4.67.